The standard InChI is InChI=1S/C10H5Cl3FN3O2S/c11-6-2-1-5(14)3-7(6)20(18,19)17-9-4-8(12)15-10(13)16-9/h1-4H,(H,15,16,17). The molecule has 0 amide bonds. The fraction of sp³-hybridized carbons (Fsp3) is 0. The minimum atomic E-state index is -4.13. The van der Waals surface area contributed by atoms with Crippen LogP contribution in [0.4, 0.5) is 10.2 Å². The summed E-state index contributed by atoms with van der Waals surface area (Å²) < 4.78 is 39.4. The first-order chi connectivity index (χ1) is 9.28. The Bertz CT molecular complexity index is 750. The molecule has 0 bridgehead atoms. The summed E-state index contributed by atoms with van der Waals surface area (Å²) in [6, 6.07) is 4.11. The Labute approximate surface area is 128 Å². The van der Waals surface area contributed by atoms with E-state index in [1.54, 1.807) is 0 Å². The summed E-state index contributed by atoms with van der Waals surface area (Å²) in [6.07, 6.45) is 0. The van der Waals surface area contributed by atoms with Crippen LogP contribution in [0.3, 0.4) is 0 Å². The summed E-state index contributed by atoms with van der Waals surface area (Å²) in [5.41, 5.74) is 0. The number of benzene rings is 1. The molecular weight excluding hydrogens is 352 g/mol. The second kappa shape index (κ2) is 5.69. The minimum absolute atomic E-state index is 0.0481. The number of nitrogens with one attached hydrogen (secondary N) is 1. The number of nitrogens with zero attached hydrogens (tertiary/aromatic N) is 2. The molecule has 0 fully saturated rings. The molecule has 0 saturated carbocycles. The fourth-order valence-corrected chi connectivity index (χ4v) is 3.23. The first-order valence-electron chi connectivity index (χ1n) is 4.96. The van der Waals surface area contributed by atoms with E-state index in [0.717, 1.165) is 24.3 Å². The van der Waals surface area contributed by atoms with Gasteiger partial charge in [0.15, 0.2) is 0 Å². The van der Waals surface area contributed by atoms with Crippen LogP contribution in [0, 0.1) is 5.82 Å². The number of rotatable bonds is 3. The lowest BCUT2D eigenvalue weighted by molar-refractivity contribution is 0.595. The SMILES string of the molecule is O=S(=O)(Nc1cc(Cl)nc(Cl)n1)c1cc(F)ccc1Cl. The third-order valence-electron chi connectivity index (χ3n) is 2.09. The van der Waals surface area contributed by atoms with Crippen LogP contribution in [0.15, 0.2) is 29.2 Å². The van der Waals surface area contributed by atoms with Gasteiger partial charge >= 0.3 is 0 Å². The van der Waals surface area contributed by atoms with E-state index in [9.17, 15) is 12.8 Å². The lowest BCUT2D eigenvalue weighted by Crippen LogP contribution is -2.15. The molecule has 2 aromatic rings. The minimum Gasteiger partial charge on any atom is -0.263 e. The monoisotopic (exact) mass is 355 g/mol. The van der Waals surface area contributed by atoms with Crippen LogP contribution < -0.4 is 4.72 Å². The van der Waals surface area contributed by atoms with Crippen molar-refractivity contribution in [2.24, 2.45) is 0 Å². The van der Waals surface area contributed by atoms with Crippen LogP contribution in [0.25, 0.3) is 0 Å². The maximum absolute atomic E-state index is 13.1. The zero-order valence-electron chi connectivity index (χ0n) is 9.44. The van der Waals surface area contributed by atoms with Crippen molar-refractivity contribution in [3.05, 3.63) is 45.5 Å². The Morgan fingerprint density at radius 2 is 1.80 bits per heavy atom. The molecule has 1 heterocycles. The predicted molar refractivity (Wildman–Crippen MR) is 74.3 cm³/mol. The van der Waals surface area contributed by atoms with E-state index in [4.69, 9.17) is 34.8 Å². The van der Waals surface area contributed by atoms with Gasteiger partial charge in [-0.15, -0.1) is 0 Å². The molecule has 0 atom stereocenters. The Hall–Kier alpha value is -1.15. The summed E-state index contributed by atoms with van der Waals surface area (Å²) in [7, 11) is -4.13. The topological polar surface area (TPSA) is 72.0 Å². The van der Waals surface area contributed by atoms with Gasteiger partial charge in [0.25, 0.3) is 10.0 Å². The van der Waals surface area contributed by atoms with Crippen LogP contribution >= 0.6 is 34.8 Å². The van der Waals surface area contributed by atoms with Crippen molar-refractivity contribution in [3.63, 3.8) is 0 Å². The van der Waals surface area contributed by atoms with E-state index < -0.39 is 20.7 Å². The smallest absolute Gasteiger partial charge is 0.263 e. The summed E-state index contributed by atoms with van der Waals surface area (Å²) in [5, 5.41) is -0.418. The van der Waals surface area contributed by atoms with Crippen LogP contribution in [0.5, 0.6) is 0 Å². The lowest BCUT2D eigenvalue weighted by Gasteiger charge is -2.09. The summed E-state index contributed by atoms with van der Waals surface area (Å²) in [4.78, 5) is 6.78. The normalized spacial score (nSPS) is 11.4. The van der Waals surface area contributed by atoms with E-state index in [1.165, 1.54) is 0 Å². The van der Waals surface area contributed by atoms with Crippen molar-refractivity contribution in [3.8, 4) is 0 Å². The van der Waals surface area contributed by atoms with Crippen molar-refractivity contribution in [1.82, 2.24) is 9.97 Å². The molecule has 0 spiro atoms. The second-order valence-corrected chi connectivity index (χ2v) is 6.31. The van der Waals surface area contributed by atoms with Gasteiger partial charge in [-0.05, 0) is 29.8 Å². The number of sulfonamides is 1. The summed E-state index contributed by atoms with van der Waals surface area (Å²) in [5.74, 6) is -0.899. The molecule has 10 heteroatoms. The number of anilines is 1. The Morgan fingerprint density at radius 1 is 1.10 bits per heavy atom. The largest absolute Gasteiger partial charge is 0.264 e. The molecule has 0 aliphatic carbocycles. The van der Waals surface area contributed by atoms with E-state index >= 15 is 0 Å². The summed E-state index contributed by atoms with van der Waals surface area (Å²) in [6.45, 7) is 0. The highest BCUT2D eigenvalue weighted by Gasteiger charge is 2.20. The fourth-order valence-electron chi connectivity index (χ4n) is 1.32. The van der Waals surface area contributed by atoms with Crippen molar-refractivity contribution in [2.45, 2.75) is 4.90 Å². The van der Waals surface area contributed by atoms with Gasteiger partial charge in [-0.25, -0.2) is 17.8 Å². The van der Waals surface area contributed by atoms with Gasteiger partial charge in [-0.1, -0.05) is 23.2 Å². The van der Waals surface area contributed by atoms with Crippen LogP contribution in [-0.2, 0) is 10.0 Å². The number of hydrogen-bond donors (Lipinski definition) is 1. The van der Waals surface area contributed by atoms with Crippen LogP contribution in [0.1, 0.15) is 0 Å². The van der Waals surface area contributed by atoms with E-state index in [1.807, 2.05) is 0 Å². The number of aromatic nitrogens is 2. The van der Waals surface area contributed by atoms with Crippen LogP contribution in [-0.4, -0.2) is 18.4 Å². The molecule has 1 aromatic carbocycles. The van der Waals surface area contributed by atoms with Gasteiger partial charge in [0.2, 0.25) is 5.28 Å². The molecule has 1 N–H and O–H groups in total. The lowest BCUT2D eigenvalue weighted by atomic mass is 10.3. The molecule has 0 aliphatic rings. The van der Waals surface area contributed by atoms with Gasteiger partial charge in [0, 0.05) is 6.07 Å². The molecule has 20 heavy (non-hydrogen) atoms. The van der Waals surface area contributed by atoms with Gasteiger partial charge in [0.05, 0.1) is 5.02 Å². The van der Waals surface area contributed by atoms with Gasteiger partial charge in [0.1, 0.15) is 21.7 Å². The molecule has 0 aliphatic heterocycles. The zero-order chi connectivity index (χ0) is 14.9. The zero-order valence-corrected chi connectivity index (χ0v) is 12.5. The molecule has 2 rings (SSSR count). The average molecular weight is 357 g/mol. The highest BCUT2D eigenvalue weighted by molar-refractivity contribution is 7.92. The third kappa shape index (κ3) is 3.49. The maximum atomic E-state index is 13.1. The van der Waals surface area contributed by atoms with Crippen molar-refractivity contribution < 1.29 is 12.8 Å². The van der Waals surface area contributed by atoms with Gasteiger partial charge in [-0.2, -0.15) is 4.98 Å². The molecule has 0 radical (unpaired) electrons. The van der Waals surface area contributed by atoms with Gasteiger partial charge < -0.3 is 0 Å². The highest BCUT2D eigenvalue weighted by atomic mass is 35.5. The van der Waals surface area contributed by atoms with Crippen molar-refractivity contribution >= 4 is 50.6 Å². The summed E-state index contributed by atoms with van der Waals surface area (Å²) >= 11 is 16.9. The first-order valence-corrected chi connectivity index (χ1v) is 7.57. The second-order valence-electron chi connectivity index (χ2n) is 3.53. The Balaban J connectivity index is 2.43. The third-order valence-corrected chi connectivity index (χ3v) is 4.29. The average Bonchev–Trinajstić information content (AvgIpc) is 2.30. The predicted octanol–water partition coefficient (Wildman–Crippen LogP) is 3.38. The molecular formula is C10H5Cl3FN3O2S. The van der Waals surface area contributed by atoms with Gasteiger partial charge in [-0.3, -0.25) is 4.72 Å². The van der Waals surface area contributed by atoms with E-state index in [0.29, 0.717) is 0 Å². The van der Waals surface area contributed by atoms with Crippen molar-refractivity contribution in [2.75, 3.05) is 4.72 Å². The van der Waals surface area contributed by atoms with E-state index in [2.05, 4.69) is 14.7 Å². The quantitative estimate of drug-likeness (QED) is 0.676. The first kappa shape index (κ1) is 15.2. The van der Waals surface area contributed by atoms with Crippen LogP contribution in [0.2, 0.25) is 15.5 Å². The molecule has 5 nitrogen and oxygen atoms in total. The number of hydrogen-bond acceptors (Lipinski definition) is 4. The molecule has 1 aromatic heterocycles. The Kier molecular flexibility index (Phi) is 4.33. The molecule has 0 saturated heterocycles. The highest BCUT2D eigenvalue weighted by Crippen LogP contribution is 2.25. The Morgan fingerprint density at radius 3 is 2.45 bits per heavy atom. The molecule has 0 unspecified atom stereocenters. The maximum Gasteiger partial charge on any atom is 0.264 e. The molecule has 106 valence electrons. The van der Waals surface area contributed by atoms with E-state index in [-0.39, 0.29) is 21.3 Å². The van der Waals surface area contributed by atoms with Crippen molar-refractivity contribution in [1.29, 1.82) is 0 Å². The number of halogens is 4.